The zero-order valence-corrected chi connectivity index (χ0v) is 13.0. The molecule has 0 aliphatic rings. The molecule has 1 unspecified atom stereocenters. The fourth-order valence-corrected chi connectivity index (χ4v) is 3.08. The molecule has 2 aromatic rings. The largest absolute Gasteiger partial charge is 0.479 e. The lowest BCUT2D eigenvalue weighted by Crippen LogP contribution is -2.34. The van der Waals surface area contributed by atoms with Gasteiger partial charge in [0.1, 0.15) is 0 Å². The third kappa shape index (κ3) is 3.97. The number of amides is 1. The maximum atomic E-state index is 12.0. The fraction of sp³-hybridized carbons (Fsp3) is 0.143. The van der Waals surface area contributed by atoms with E-state index in [0.29, 0.717) is 20.5 Å². The first-order valence-electron chi connectivity index (χ1n) is 5.97. The molecule has 2 rings (SSSR count). The summed E-state index contributed by atoms with van der Waals surface area (Å²) in [6.45, 7) is 0. The highest BCUT2D eigenvalue weighted by molar-refractivity contribution is 7.10. The summed E-state index contributed by atoms with van der Waals surface area (Å²) in [7, 11) is 0. The Balaban J connectivity index is 2.12. The van der Waals surface area contributed by atoms with Gasteiger partial charge in [-0.3, -0.25) is 4.79 Å². The molecule has 4 nitrogen and oxygen atoms in total. The van der Waals surface area contributed by atoms with E-state index in [1.165, 1.54) is 11.3 Å². The number of thiophene rings is 1. The minimum absolute atomic E-state index is 0.0757. The number of carboxylic acid groups (broad SMARTS) is 1. The molecule has 1 aromatic heterocycles. The number of carbonyl (C=O) groups is 2. The molecule has 0 saturated carbocycles. The highest BCUT2D eigenvalue weighted by atomic mass is 35.5. The van der Waals surface area contributed by atoms with E-state index in [1.54, 1.807) is 35.7 Å². The molecule has 0 fully saturated rings. The van der Waals surface area contributed by atoms with Crippen LogP contribution in [0.5, 0.6) is 0 Å². The van der Waals surface area contributed by atoms with Crippen LogP contribution in [0.15, 0.2) is 35.7 Å². The maximum absolute atomic E-state index is 12.0. The molecule has 0 aliphatic heterocycles. The molecule has 0 saturated heterocycles. The molecule has 1 amide bonds. The van der Waals surface area contributed by atoms with Crippen molar-refractivity contribution in [3.8, 4) is 0 Å². The van der Waals surface area contributed by atoms with Crippen LogP contribution in [-0.2, 0) is 16.0 Å². The van der Waals surface area contributed by atoms with Crippen LogP contribution in [0.1, 0.15) is 16.5 Å². The smallest absolute Gasteiger partial charge is 0.331 e. The van der Waals surface area contributed by atoms with Crippen LogP contribution in [0.4, 0.5) is 0 Å². The molecular weight excluding hydrogens is 333 g/mol. The molecular formula is C14H11Cl2NO3S. The normalized spacial score (nSPS) is 11.9. The molecule has 7 heteroatoms. The van der Waals surface area contributed by atoms with Crippen molar-refractivity contribution in [2.45, 2.75) is 12.5 Å². The predicted molar refractivity (Wildman–Crippen MR) is 83.0 cm³/mol. The summed E-state index contributed by atoms with van der Waals surface area (Å²) in [5.74, 6) is -1.57. The lowest BCUT2D eigenvalue weighted by Gasteiger charge is -2.14. The Bertz CT molecular complexity index is 638. The van der Waals surface area contributed by atoms with E-state index in [4.69, 9.17) is 23.2 Å². The molecule has 0 aliphatic carbocycles. The van der Waals surface area contributed by atoms with Crippen molar-refractivity contribution >= 4 is 46.4 Å². The summed E-state index contributed by atoms with van der Waals surface area (Å²) < 4.78 is 0. The number of carboxylic acids is 1. The third-order valence-electron chi connectivity index (χ3n) is 2.78. The van der Waals surface area contributed by atoms with Gasteiger partial charge in [0.15, 0.2) is 6.04 Å². The van der Waals surface area contributed by atoms with Crippen molar-refractivity contribution in [2.24, 2.45) is 0 Å². The molecule has 0 bridgehead atoms. The second kappa shape index (κ2) is 6.93. The molecule has 1 heterocycles. The average Bonchev–Trinajstić information content (AvgIpc) is 2.94. The molecule has 21 heavy (non-hydrogen) atoms. The second-order valence-electron chi connectivity index (χ2n) is 4.23. The van der Waals surface area contributed by atoms with Gasteiger partial charge < -0.3 is 10.4 Å². The van der Waals surface area contributed by atoms with Gasteiger partial charge in [-0.1, -0.05) is 35.3 Å². The summed E-state index contributed by atoms with van der Waals surface area (Å²) in [6, 6.07) is 7.25. The highest BCUT2D eigenvalue weighted by Crippen LogP contribution is 2.25. The first-order chi connectivity index (χ1) is 9.99. The Kier molecular flexibility index (Phi) is 5.22. The Morgan fingerprint density at radius 1 is 1.19 bits per heavy atom. The number of rotatable bonds is 5. The number of hydrogen-bond donors (Lipinski definition) is 2. The zero-order valence-electron chi connectivity index (χ0n) is 10.7. The Morgan fingerprint density at radius 3 is 2.38 bits per heavy atom. The summed E-state index contributed by atoms with van der Waals surface area (Å²) in [6.07, 6.45) is -0.0757. The van der Waals surface area contributed by atoms with Crippen LogP contribution in [0.3, 0.4) is 0 Å². The molecule has 1 aromatic carbocycles. The first kappa shape index (κ1) is 15.8. The zero-order chi connectivity index (χ0) is 15.4. The minimum Gasteiger partial charge on any atom is -0.479 e. The Labute approximate surface area is 135 Å². The highest BCUT2D eigenvalue weighted by Gasteiger charge is 2.23. The van der Waals surface area contributed by atoms with E-state index in [9.17, 15) is 14.7 Å². The standard InChI is InChI=1S/C14H11Cl2NO3S/c15-9-3-1-4-10(16)8(9)7-12(18)17-13(14(19)20)11-5-2-6-21-11/h1-6,13H,7H2,(H,17,18)(H,19,20). The summed E-state index contributed by atoms with van der Waals surface area (Å²) in [4.78, 5) is 23.9. The average molecular weight is 344 g/mol. The van der Waals surface area contributed by atoms with Gasteiger partial charge in [-0.25, -0.2) is 4.79 Å². The number of benzene rings is 1. The van der Waals surface area contributed by atoms with Crippen LogP contribution in [-0.4, -0.2) is 17.0 Å². The van der Waals surface area contributed by atoms with Crippen molar-refractivity contribution in [2.75, 3.05) is 0 Å². The molecule has 2 N–H and O–H groups in total. The maximum Gasteiger partial charge on any atom is 0.331 e. The lowest BCUT2D eigenvalue weighted by atomic mass is 10.1. The van der Waals surface area contributed by atoms with Gasteiger partial charge in [-0.05, 0) is 29.1 Å². The van der Waals surface area contributed by atoms with Crippen LogP contribution < -0.4 is 5.32 Å². The van der Waals surface area contributed by atoms with Gasteiger partial charge in [-0.15, -0.1) is 11.3 Å². The van der Waals surface area contributed by atoms with Crippen molar-refractivity contribution in [3.63, 3.8) is 0 Å². The van der Waals surface area contributed by atoms with Crippen molar-refractivity contribution in [1.29, 1.82) is 0 Å². The van der Waals surface area contributed by atoms with Gasteiger partial charge in [0, 0.05) is 14.9 Å². The molecule has 0 radical (unpaired) electrons. The summed E-state index contributed by atoms with van der Waals surface area (Å²) >= 11 is 13.3. The van der Waals surface area contributed by atoms with Gasteiger partial charge in [0.25, 0.3) is 0 Å². The van der Waals surface area contributed by atoms with Crippen LogP contribution in [0.2, 0.25) is 10.0 Å². The van der Waals surface area contributed by atoms with Gasteiger partial charge in [0.2, 0.25) is 5.91 Å². The quantitative estimate of drug-likeness (QED) is 0.872. The number of carbonyl (C=O) groups excluding carboxylic acids is 1. The Morgan fingerprint density at radius 2 is 1.86 bits per heavy atom. The van der Waals surface area contributed by atoms with E-state index >= 15 is 0 Å². The van der Waals surface area contributed by atoms with Crippen molar-refractivity contribution in [3.05, 3.63) is 56.2 Å². The van der Waals surface area contributed by atoms with Gasteiger partial charge in [0.05, 0.1) is 6.42 Å². The number of aliphatic carboxylic acids is 1. The number of nitrogens with one attached hydrogen (secondary N) is 1. The SMILES string of the molecule is O=C(Cc1c(Cl)cccc1Cl)NC(C(=O)O)c1cccs1. The predicted octanol–water partition coefficient (Wildman–Crippen LogP) is 3.54. The number of hydrogen-bond acceptors (Lipinski definition) is 3. The third-order valence-corrected chi connectivity index (χ3v) is 4.42. The van der Waals surface area contributed by atoms with E-state index in [1.807, 2.05) is 0 Å². The van der Waals surface area contributed by atoms with E-state index < -0.39 is 17.9 Å². The van der Waals surface area contributed by atoms with Crippen LogP contribution in [0, 0.1) is 0 Å². The van der Waals surface area contributed by atoms with Crippen LogP contribution in [0.25, 0.3) is 0 Å². The van der Waals surface area contributed by atoms with E-state index in [2.05, 4.69) is 5.32 Å². The first-order valence-corrected chi connectivity index (χ1v) is 7.61. The minimum atomic E-state index is -1.11. The molecule has 1 atom stereocenters. The number of halogens is 2. The van der Waals surface area contributed by atoms with Crippen LogP contribution >= 0.6 is 34.5 Å². The molecule has 110 valence electrons. The van der Waals surface area contributed by atoms with Crippen molar-refractivity contribution < 1.29 is 14.7 Å². The van der Waals surface area contributed by atoms with Crippen molar-refractivity contribution in [1.82, 2.24) is 5.32 Å². The fourth-order valence-electron chi connectivity index (χ4n) is 1.78. The van der Waals surface area contributed by atoms with Gasteiger partial charge in [-0.2, -0.15) is 0 Å². The summed E-state index contributed by atoms with van der Waals surface area (Å²) in [5, 5.41) is 14.2. The van der Waals surface area contributed by atoms with E-state index in [-0.39, 0.29) is 6.42 Å². The van der Waals surface area contributed by atoms with E-state index in [0.717, 1.165) is 0 Å². The van der Waals surface area contributed by atoms with Gasteiger partial charge >= 0.3 is 5.97 Å². The topological polar surface area (TPSA) is 66.4 Å². The molecule has 0 spiro atoms. The lowest BCUT2D eigenvalue weighted by molar-refractivity contribution is -0.141. The Hall–Kier alpha value is -1.56. The summed E-state index contributed by atoms with van der Waals surface area (Å²) in [5.41, 5.74) is 0.480. The second-order valence-corrected chi connectivity index (χ2v) is 6.02. The monoisotopic (exact) mass is 343 g/mol.